The first-order valence-corrected chi connectivity index (χ1v) is 6.65. The Labute approximate surface area is 132 Å². The summed E-state index contributed by atoms with van der Waals surface area (Å²) < 4.78 is 59.0. The number of pyridine rings is 1. The van der Waals surface area contributed by atoms with Crippen molar-refractivity contribution in [2.24, 2.45) is 0 Å². The van der Waals surface area contributed by atoms with Gasteiger partial charge in [-0.1, -0.05) is 0 Å². The van der Waals surface area contributed by atoms with E-state index in [0.29, 0.717) is 0 Å². The number of anilines is 2. The molecule has 1 atom stereocenters. The van der Waals surface area contributed by atoms with Crippen molar-refractivity contribution in [1.82, 2.24) is 14.8 Å². The Kier molecular flexibility index (Phi) is 3.57. The minimum Gasteiger partial charge on any atom is -0.453 e. The van der Waals surface area contributed by atoms with E-state index >= 15 is 4.39 Å². The van der Waals surface area contributed by atoms with Gasteiger partial charge in [-0.15, -0.1) is 5.10 Å². The molecule has 1 unspecified atom stereocenters. The molecule has 0 saturated carbocycles. The van der Waals surface area contributed by atoms with Gasteiger partial charge >= 0.3 is 12.3 Å². The maximum atomic E-state index is 15.1. The highest BCUT2D eigenvalue weighted by molar-refractivity contribution is 5.84. The molecule has 0 saturated heterocycles. The van der Waals surface area contributed by atoms with E-state index in [-0.39, 0.29) is 22.9 Å². The Bertz CT molecular complexity index is 791. The number of fused-ring (bicyclic) bond motifs is 3. The number of alkyl halides is 4. The lowest BCUT2D eigenvalue weighted by molar-refractivity contribution is -0.159. The van der Waals surface area contributed by atoms with Crippen LogP contribution in [0.1, 0.15) is 12.0 Å². The average Bonchev–Trinajstić information content (AvgIpc) is 2.87. The third-order valence-electron chi connectivity index (χ3n) is 3.35. The van der Waals surface area contributed by atoms with E-state index in [1.54, 1.807) is 0 Å². The Morgan fingerprint density at radius 1 is 1.50 bits per heavy atom. The molecule has 0 radical (unpaired) electrons. The van der Waals surface area contributed by atoms with E-state index in [2.05, 4.69) is 25.5 Å². The van der Waals surface area contributed by atoms with Gasteiger partial charge in [0, 0.05) is 17.8 Å². The van der Waals surface area contributed by atoms with Crippen molar-refractivity contribution >= 4 is 17.7 Å². The number of aromatic nitrogens is 3. The van der Waals surface area contributed by atoms with E-state index in [1.165, 1.54) is 18.5 Å². The van der Waals surface area contributed by atoms with Crippen LogP contribution >= 0.6 is 0 Å². The Balaban J connectivity index is 2.06. The quantitative estimate of drug-likeness (QED) is 0.646. The van der Waals surface area contributed by atoms with Crippen LogP contribution in [0.25, 0.3) is 5.69 Å². The number of rotatable bonds is 2. The summed E-state index contributed by atoms with van der Waals surface area (Å²) in [5.41, 5.74) is -0.217. The molecule has 0 aromatic carbocycles. The van der Waals surface area contributed by atoms with Crippen LogP contribution in [0.4, 0.5) is 34.0 Å². The fraction of sp³-hybridized carbons (Fsp3) is 0.308. The van der Waals surface area contributed by atoms with Gasteiger partial charge in [0.15, 0.2) is 5.82 Å². The summed E-state index contributed by atoms with van der Waals surface area (Å²) >= 11 is 0. The summed E-state index contributed by atoms with van der Waals surface area (Å²) in [5.74, 6) is -2.96. The van der Waals surface area contributed by atoms with Gasteiger partial charge in [0.05, 0.1) is 19.0 Å². The lowest BCUT2D eigenvalue weighted by Gasteiger charge is -2.34. The van der Waals surface area contributed by atoms with Crippen LogP contribution in [-0.4, -0.2) is 34.1 Å². The summed E-state index contributed by atoms with van der Waals surface area (Å²) in [7, 11) is 1.14. The third-order valence-corrected chi connectivity index (χ3v) is 3.35. The zero-order valence-electron chi connectivity index (χ0n) is 12.2. The van der Waals surface area contributed by atoms with Crippen LogP contribution in [-0.2, 0) is 10.5 Å². The Hall–Kier alpha value is -2.85. The predicted octanol–water partition coefficient (Wildman–Crippen LogP) is 2.95. The van der Waals surface area contributed by atoms with Crippen LogP contribution in [0.15, 0.2) is 24.5 Å². The van der Waals surface area contributed by atoms with Crippen LogP contribution in [0.3, 0.4) is 0 Å². The summed E-state index contributed by atoms with van der Waals surface area (Å²) in [6.07, 6.45) is -4.91. The minimum absolute atomic E-state index is 0.0181. The summed E-state index contributed by atoms with van der Waals surface area (Å²) in [4.78, 5) is 15.0. The largest absolute Gasteiger partial charge is 0.453 e. The number of nitrogens with one attached hydrogen (secondary N) is 2. The molecule has 2 aromatic heterocycles. The van der Waals surface area contributed by atoms with E-state index < -0.39 is 24.5 Å². The van der Waals surface area contributed by atoms with E-state index in [0.717, 1.165) is 17.9 Å². The van der Waals surface area contributed by atoms with Crippen LogP contribution in [0.5, 0.6) is 0 Å². The fourth-order valence-electron chi connectivity index (χ4n) is 2.45. The first kappa shape index (κ1) is 16.0. The second kappa shape index (κ2) is 5.35. The molecule has 128 valence electrons. The molecule has 0 bridgehead atoms. The van der Waals surface area contributed by atoms with Gasteiger partial charge in [-0.25, -0.2) is 13.9 Å². The van der Waals surface area contributed by atoms with Gasteiger partial charge in [-0.05, 0) is 6.07 Å². The van der Waals surface area contributed by atoms with Gasteiger partial charge in [-0.3, -0.25) is 10.3 Å². The number of carbonyl (C=O) groups is 1. The zero-order chi connectivity index (χ0) is 17.5. The van der Waals surface area contributed by atoms with Crippen LogP contribution in [0.2, 0.25) is 0 Å². The molecule has 0 spiro atoms. The number of halogens is 4. The lowest BCUT2D eigenvalue weighted by atomic mass is 9.98. The molecule has 1 aliphatic rings. The van der Waals surface area contributed by atoms with Crippen LogP contribution in [0, 0.1) is 0 Å². The number of nitrogens with zero attached hydrogens (tertiary/aromatic N) is 3. The molecule has 2 aromatic rings. The molecular formula is C13H11F4N5O2. The van der Waals surface area contributed by atoms with Gasteiger partial charge in [-0.2, -0.15) is 13.2 Å². The lowest BCUT2D eigenvalue weighted by Crippen LogP contribution is -2.40. The highest BCUT2D eigenvalue weighted by atomic mass is 19.4. The Morgan fingerprint density at radius 3 is 2.92 bits per heavy atom. The molecule has 3 rings (SSSR count). The molecule has 24 heavy (non-hydrogen) atoms. The van der Waals surface area contributed by atoms with Crippen molar-refractivity contribution in [3.63, 3.8) is 0 Å². The minimum atomic E-state index is -4.74. The van der Waals surface area contributed by atoms with Gasteiger partial charge in [0.25, 0.3) is 0 Å². The first-order chi connectivity index (χ1) is 11.2. The van der Waals surface area contributed by atoms with Crippen molar-refractivity contribution in [3.8, 4) is 5.69 Å². The van der Waals surface area contributed by atoms with Crippen molar-refractivity contribution in [2.75, 3.05) is 17.7 Å². The molecule has 0 aliphatic carbocycles. The Morgan fingerprint density at radius 2 is 2.25 bits per heavy atom. The number of hydrogen-bond donors (Lipinski definition) is 2. The maximum Gasteiger partial charge on any atom is 0.412 e. The highest BCUT2D eigenvalue weighted by Gasteiger charge is 2.48. The predicted molar refractivity (Wildman–Crippen MR) is 74.5 cm³/mol. The van der Waals surface area contributed by atoms with Crippen molar-refractivity contribution in [3.05, 3.63) is 30.1 Å². The number of amides is 1. The van der Waals surface area contributed by atoms with Crippen molar-refractivity contribution < 1.29 is 27.1 Å². The standard InChI is InChI=1S/C13H11F4N5O2/c1-24-11(23)19-9-4-10-20-12(14,6-13(15,16)17)7-2-3-18-5-8(7)22(10)21-9/h2-5,20H,6H2,1H3,(H,19,21,23). The highest BCUT2D eigenvalue weighted by Crippen LogP contribution is 2.44. The molecule has 7 nitrogen and oxygen atoms in total. The monoisotopic (exact) mass is 345 g/mol. The summed E-state index contributed by atoms with van der Waals surface area (Å²) in [6, 6.07) is 2.34. The fourth-order valence-corrected chi connectivity index (χ4v) is 2.45. The smallest absolute Gasteiger partial charge is 0.412 e. The molecule has 11 heteroatoms. The molecule has 2 N–H and O–H groups in total. The second-order valence-electron chi connectivity index (χ2n) is 5.05. The van der Waals surface area contributed by atoms with E-state index in [1.807, 2.05) is 0 Å². The molecular weight excluding hydrogens is 334 g/mol. The normalized spacial score (nSPS) is 19.0. The SMILES string of the molecule is COC(=O)Nc1cc2n(n1)-c1cnccc1C(F)(CC(F)(F)F)N2. The van der Waals surface area contributed by atoms with Crippen LogP contribution < -0.4 is 10.6 Å². The second-order valence-corrected chi connectivity index (χ2v) is 5.05. The number of ether oxygens (including phenoxy) is 1. The summed E-state index contributed by atoms with van der Waals surface area (Å²) in [5, 5.41) is 8.45. The van der Waals surface area contributed by atoms with Crippen molar-refractivity contribution in [2.45, 2.75) is 18.4 Å². The zero-order valence-corrected chi connectivity index (χ0v) is 12.2. The molecule has 1 aliphatic heterocycles. The summed E-state index contributed by atoms with van der Waals surface area (Å²) in [6.45, 7) is 0. The van der Waals surface area contributed by atoms with E-state index in [9.17, 15) is 18.0 Å². The average molecular weight is 345 g/mol. The first-order valence-electron chi connectivity index (χ1n) is 6.65. The van der Waals surface area contributed by atoms with Crippen molar-refractivity contribution in [1.29, 1.82) is 0 Å². The third kappa shape index (κ3) is 2.84. The number of carbonyl (C=O) groups excluding carboxylic acids is 1. The molecule has 1 amide bonds. The topological polar surface area (TPSA) is 81.1 Å². The van der Waals surface area contributed by atoms with E-state index in [4.69, 9.17) is 0 Å². The molecule has 0 fully saturated rings. The number of methoxy groups -OCH3 is 1. The van der Waals surface area contributed by atoms with Gasteiger partial charge in [0.1, 0.15) is 12.2 Å². The van der Waals surface area contributed by atoms with Gasteiger partial charge in [0.2, 0.25) is 5.79 Å². The number of hydrogen-bond acceptors (Lipinski definition) is 5. The molecule has 3 heterocycles. The maximum absolute atomic E-state index is 15.1. The van der Waals surface area contributed by atoms with Gasteiger partial charge < -0.3 is 10.1 Å².